The summed E-state index contributed by atoms with van der Waals surface area (Å²) < 4.78 is 6.97. The van der Waals surface area contributed by atoms with Crippen molar-refractivity contribution in [3.05, 3.63) is 36.5 Å². The van der Waals surface area contributed by atoms with Gasteiger partial charge in [-0.3, -0.25) is 9.48 Å². The zero-order chi connectivity index (χ0) is 13.9. The molecule has 2 aromatic rings. The number of furan rings is 1. The van der Waals surface area contributed by atoms with E-state index in [1.54, 1.807) is 17.1 Å². The van der Waals surface area contributed by atoms with Gasteiger partial charge in [0.1, 0.15) is 12.3 Å². The molecule has 0 aliphatic heterocycles. The van der Waals surface area contributed by atoms with Gasteiger partial charge in [-0.05, 0) is 31.9 Å². The van der Waals surface area contributed by atoms with Crippen LogP contribution in [0.15, 0.2) is 35.2 Å². The van der Waals surface area contributed by atoms with Gasteiger partial charge < -0.3 is 15.1 Å². The Morgan fingerprint density at radius 3 is 3.15 bits per heavy atom. The topological polar surface area (TPSA) is 72.1 Å². The maximum atomic E-state index is 11.7. The number of amides is 1. The molecule has 2 heterocycles. The van der Waals surface area contributed by atoms with E-state index in [-0.39, 0.29) is 18.5 Å². The smallest absolute Gasteiger partial charge is 0.241 e. The Bertz CT molecular complexity index is 572. The average Bonchev–Trinajstić information content (AvgIpc) is 2.93. The monoisotopic (exact) mass is 274 g/mol. The molecule has 1 amide bonds. The summed E-state index contributed by atoms with van der Waals surface area (Å²) in [4.78, 5) is 11.7. The Morgan fingerprint density at radius 1 is 1.60 bits per heavy atom. The molecule has 2 N–H and O–H groups in total. The van der Waals surface area contributed by atoms with Crippen LogP contribution < -0.4 is 10.6 Å². The molecule has 0 saturated heterocycles. The molecule has 1 atom stereocenters. The van der Waals surface area contributed by atoms with E-state index < -0.39 is 0 Å². The first kappa shape index (κ1) is 12.8. The molecule has 1 aliphatic rings. The molecule has 6 nitrogen and oxygen atoms in total. The largest absolute Gasteiger partial charge is 0.467 e. The van der Waals surface area contributed by atoms with Crippen LogP contribution in [0.2, 0.25) is 0 Å². The van der Waals surface area contributed by atoms with E-state index in [0.29, 0.717) is 6.04 Å². The third kappa shape index (κ3) is 3.20. The highest BCUT2D eigenvalue weighted by Gasteiger charge is 2.23. The van der Waals surface area contributed by atoms with Crippen molar-refractivity contribution in [1.29, 1.82) is 0 Å². The third-order valence-corrected chi connectivity index (χ3v) is 3.23. The lowest BCUT2D eigenvalue weighted by molar-refractivity contribution is -0.122. The lowest BCUT2D eigenvalue weighted by atomic mass is 10.2. The maximum Gasteiger partial charge on any atom is 0.241 e. The van der Waals surface area contributed by atoms with Crippen LogP contribution in [0.5, 0.6) is 0 Å². The van der Waals surface area contributed by atoms with E-state index in [9.17, 15) is 4.79 Å². The molecular formula is C14H18N4O2. The fraction of sp³-hybridized carbons (Fsp3) is 0.429. The van der Waals surface area contributed by atoms with E-state index in [0.717, 1.165) is 24.3 Å². The van der Waals surface area contributed by atoms with Gasteiger partial charge in [0.2, 0.25) is 5.91 Å². The van der Waals surface area contributed by atoms with E-state index in [4.69, 9.17) is 4.42 Å². The Hall–Kier alpha value is -2.24. The average molecular weight is 274 g/mol. The van der Waals surface area contributed by atoms with Gasteiger partial charge in [0.25, 0.3) is 0 Å². The van der Waals surface area contributed by atoms with Crippen LogP contribution in [0.25, 0.3) is 0 Å². The van der Waals surface area contributed by atoms with E-state index in [1.165, 1.54) is 0 Å². The third-order valence-electron chi connectivity index (χ3n) is 3.23. The predicted molar refractivity (Wildman–Crippen MR) is 74.1 cm³/mol. The Balaban J connectivity index is 1.54. The van der Waals surface area contributed by atoms with Gasteiger partial charge in [0.15, 0.2) is 0 Å². The number of nitrogens with zero attached hydrogens (tertiary/aromatic N) is 2. The number of nitrogens with one attached hydrogen (secondary N) is 2. The lowest BCUT2D eigenvalue weighted by Gasteiger charge is -2.10. The van der Waals surface area contributed by atoms with Crippen LogP contribution in [0.1, 0.15) is 31.6 Å². The van der Waals surface area contributed by atoms with Crippen LogP contribution >= 0.6 is 0 Å². The summed E-state index contributed by atoms with van der Waals surface area (Å²) in [6.45, 7) is 2.27. The number of hydrogen-bond acceptors (Lipinski definition) is 4. The number of anilines is 1. The molecule has 0 aromatic carbocycles. The first-order chi connectivity index (χ1) is 9.70. The van der Waals surface area contributed by atoms with Gasteiger partial charge in [0, 0.05) is 12.2 Å². The summed E-state index contributed by atoms with van der Waals surface area (Å²) >= 11 is 0. The lowest BCUT2D eigenvalue weighted by Crippen LogP contribution is -2.29. The van der Waals surface area contributed by atoms with Gasteiger partial charge in [-0.2, -0.15) is 5.10 Å². The minimum absolute atomic E-state index is 0.0150. The number of carbonyl (C=O) groups is 1. The van der Waals surface area contributed by atoms with Crippen molar-refractivity contribution in [2.75, 3.05) is 5.32 Å². The van der Waals surface area contributed by atoms with Crippen molar-refractivity contribution in [2.24, 2.45) is 0 Å². The Labute approximate surface area is 117 Å². The second-order valence-electron chi connectivity index (χ2n) is 5.15. The SMILES string of the molecule is CC(Nc1cnn(CC(=O)NC2CC2)c1)c1ccco1. The molecule has 1 unspecified atom stereocenters. The fourth-order valence-electron chi connectivity index (χ4n) is 2.03. The predicted octanol–water partition coefficient (Wildman–Crippen LogP) is 1.93. The van der Waals surface area contributed by atoms with E-state index >= 15 is 0 Å². The van der Waals surface area contributed by atoms with E-state index in [1.807, 2.05) is 25.3 Å². The molecule has 0 bridgehead atoms. The van der Waals surface area contributed by atoms with Crippen LogP contribution in [0.3, 0.4) is 0 Å². The van der Waals surface area contributed by atoms with Gasteiger partial charge in [-0.15, -0.1) is 0 Å². The van der Waals surface area contributed by atoms with E-state index in [2.05, 4.69) is 15.7 Å². The summed E-state index contributed by atoms with van der Waals surface area (Å²) in [5.41, 5.74) is 0.869. The minimum atomic E-state index is 0.0150. The number of carbonyl (C=O) groups excluding carboxylic acids is 1. The first-order valence-corrected chi connectivity index (χ1v) is 6.82. The van der Waals surface area contributed by atoms with Crippen molar-refractivity contribution in [1.82, 2.24) is 15.1 Å². The van der Waals surface area contributed by atoms with Crippen molar-refractivity contribution in [3.63, 3.8) is 0 Å². The molecule has 2 aromatic heterocycles. The molecule has 3 rings (SSSR count). The molecule has 6 heteroatoms. The molecule has 0 spiro atoms. The normalized spacial score (nSPS) is 15.8. The van der Waals surface area contributed by atoms with Gasteiger partial charge in [0.05, 0.1) is 24.2 Å². The Kier molecular flexibility index (Phi) is 3.45. The highest BCUT2D eigenvalue weighted by molar-refractivity contribution is 5.76. The second-order valence-corrected chi connectivity index (χ2v) is 5.15. The van der Waals surface area contributed by atoms with Crippen LogP contribution in [-0.2, 0) is 11.3 Å². The summed E-state index contributed by atoms with van der Waals surface area (Å²) in [5, 5.41) is 10.4. The molecule has 1 aliphatic carbocycles. The van der Waals surface area contributed by atoms with Gasteiger partial charge in [-0.1, -0.05) is 0 Å². The summed E-state index contributed by atoms with van der Waals surface area (Å²) in [5.74, 6) is 0.880. The highest BCUT2D eigenvalue weighted by Crippen LogP contribution is 2.19. The summed E-state index contributed by atoms with van der Waals surface area (Å²) in [6.07, 6.45) is 7.38. The quantitative estimate of drug-likeness (QED) is 0.844. The zero-order valence-electron chi connectivity index (χ0n) is 11.4. The molecule has 20 heavy (non-hydrogen) atoms. The van der Waals surface area contributed by atoms with Crippen molar-refractivity contribution < 1.29 is 9.21 Å². The maximum absolute atomic E-state index is 11.7. The van der Waals surface area contributed by atoms with Crippen LogP contribution in [-0.4, -0.2) is 21.7 Å². The van der Waals surface area contributed by atoms with Crippen LogP contribution in [0, 0.1) is 0 Å². The molecule has 0 radical (unpaired) electrons. The highest BCUT2D eigenvalue weighted by atomic mass is 16.3. The zero-order valence-corrected chi connectivity index (χ0v) is 11.4. The number of rotatable bonds is 6. The van der Waals surface area contributed by atoms with Crippen LogP contribution in [0.4, 0.5) is 5.69 Å². The van der Waals surface area contributed by atoms with Gasteiger partial charge in [-0.25, -0.2) is 0 Å². The molecule has 1 fully saturated rings. The fourth-order valence-corrected chi connectivity index (χ4v) is 2.03. The van der Waals surface area contributed by atoms with Crippen molar-refractivity contribution in [2.45, 2.75) is 38.4 Å². The molecule has 106 valence electrons. The number of hydrogen-bond donors (Lipinski definition) is 2. The summed E-state index contributed by atoms with van der Waals surface area (Å²) in [6, 6.07) is 4.22. The second kappa shape index (κ2) is 5.40. The van der Waals surface area contributed by atoms with Gasteiger partial charge >= 0.3 is 0 Å². The van der Waals surface area contributed by atoms with Crippen molar-refractivity contribution >= 4 is 11.6 Å². The van der Waals surface area contributed by atoms with Crippen molar-refractivity contribution in [3.8, 4) is 0 Å². The molecule has 1 saturated carbocycles. The standard InChI is InChI=1S/C14H18N4O2/c1-10(13-3-2-6-20-13)16-12-7-15-18(8-12)9-14(19)17-11-4-5-11/h2-3,6-8,10-11,16H,4-5,9H2,1H3,(H,17,19). The first-order valence-electron chi connectivity index (χ1n) is 6.82. The minimum Gasteiger partial charge on any atom is -0.467 e. The Morgan fingerprint density at radius 2 is 2.45 bits per heavy atom. The molecular weight excluding hydrogens is 256 g/mol. The summed E-state index contributed by atoms with van der Waals surface area (Å²) in [7, 11) is 0. The number of aromatic nitrogens is 2.